The number of hydrogen-bond donors (Lipinski definition) is 1. The number of rotatable bonds is 3. The zero-order valence-electron chi connectivity index (χ0n) is 10.3. The molecule has 0 unspecified atom stereocenters. The maximum Gasteiger partial charge on any atom is 0.193 e. The highest BCUT2D eigenvalue weighted by molar-refractivity contribution is 5.80. The summed E-state index contributed by atoms with van der Waals surface area (Å²) in [5.41, 5.74) is 0. The van der Waals surface area contributed by atoms with Gasteiger partial charge in [-0.2, -0.15) is 0 Å². The minimum absolute atomic E-state index is 0.948. The van der Waals surface area contributed by atoms with Crippen molar-refractivity contribution in [1.82, 2.24) is 10.2 Å². The van der Waals surface area contributed by atoms with Crippen LogP contribution in [0.2, 0.25) is 0 Å². The fraction of sp³-hybridized carbons (Fsp3) is 0.923. The van der Waals surface area contributed by atoms with Crippen LogP contribution in [0.1, 0.15) is 32.1 Å². The third-order valence-electron chi connectivity index (χ3n) is 4.53. The summed E-state index contributed by atoms with van der Waals surface area (Å²) in [5, 5.41) is 3.54. The van der Waals surface area contributed by atoms with Crippen molar-refractivity contribution in [3.63, 3.8) is 0 Å². The smallest absolute Gasteiger partial charge is 0.193 e. The third-order valence-corrected chi connectivity index (χ3v) is 4.53. The molecular weight excluding hydrogens is 198 g/mol. The topological polar surface area (TPSA) is 27.6 Å². The van der Waals surface area contributed by atoms with Gasteiger partial charge in [0.15, 0.2) is 5.96 Å². The van der Waals surface area contributed by atoms with Gasteiger partial charge in [-0.15, -0.1) is 0 Å². The van der Waals surface area contributed by atoms with Crippen molar-refractivity contribution in [2.45, 2.75) is 32.1 Å². The van der Waals surface area contributed by atoms with Crippen LogP contribution < -0.4 is 5.32 Å². The Hall–Kier alpha value is -0.730. The lowest BCUT2D eigenvalue weighted by atomic mass is 9.81. The van der Waals surface area contributed by atoms with E-state index in [9.17, 15) is 0 Å². The average Bonchev–Trinajstić information content (AvgIpc) is 2.94. The molecule has 1 aliphatic heterocycles. The largest absolute Gasteiger partial charge is 0.356 e. The van der Waals surface area contributed by atoms with Crippen LogP contribution in [0.25, 0.3) is 0 Å². The van der Waals surface area contributed by atoms with Crippen molar-refractivity contribution in [3.05, 3.63) is 0 Å². The summed E-state index contributed by atoms with van der Waals surface area (Å²) in [6, 6.07) is 0. The zero-order chi connectivity index (χ0) is 11.0. The van der Waals surface area contributed by atoms with Gasteiger partial charge in [-0.3, -0.25) is 4.99 Å². The predicted molar refractivity (Wildman–Crippen MR) is 66.5 cm³/mol. The Labute approximate surface area is 98.3 Å². The molecule has 3 nitrogen and oxygen atoms in total. The Morgan fingerprint density at radius 2 is 2.25 bits per heavy atom. The van der Waals surface area contributed by atoms with Crippen LogP contribution in [-0.2, 0) is 0 Å². The zero-order valence-corrected chi connectivity index (χ0v) is 10.3. The molecule has 16 heavy (non-hydrogen) atoms. The summed E-state index contributed by atoms with van der Waals surface area (Å²) in [6.07, 6.45) is 7.16. The maximum atomic E-state index is 4.55. The normalized spacial score (nSPS) is 34.3. The summed E-state index contributed by atoms with van der Waals surface area (Å²) in [7, 11) is 2.14. The lowest BCUT2D eigenvalue weighted by Gasteiger charge is -2.27. The van der Waals surface area contributed by atoms with E-state index in [0.29, 0.717) is 0 Å². The lowest BCUT2D eigenvalue weighted by molar-refractivity contribution is 0.265. The quantitative estimate of drug-likeness (QED) is 0.785. The number of guanidine groups is 1. The number of hydrogen-bond acceptors (Lipinski definition) is 3. The molecule has 2 atom stereocenters. The number of nitrogens with zero attached hydrogens (tertiary/aromatic N) is 2. The Bertz CT molecular complexity index is 283. The van der Waals surface area contributed by atoms with Gasteiger partial charge >= 0.3 is 0 Å². The van der Waals surface area contributed by atoms with Gasteiger partial charge in [0.25, 0.3) is 0 Å². The van der Waals surface area contributed by atoms with Crippen LogP contribution in [0.15, 0.2) is 4.99 Å². The standard InChI is InChI=1S/C13H23N3/c1-16-7-3-6-14-13(16)15-9-11-8-12(11)10-4-2-5-10/h10-12H,2-9H2,1H3,(H,14,15)/t11-,12-/m0/s1. The summed E-state index contributed by atoms with van der Waals surface area (Å²) in [5.74, 6) is 4.21. The van der Waals surface area contributed by atoms with Crippen molar-refractivity contribution >= 4 is 5.96 Å². The molecule has 1 N–H and O–H groups in total. The highest BCUT2D eigenvalue weighted by Gasteiger charge is 2.44. The van der Waals surface area contributed by atoms with Crippen molar-refractivity contribution in [2.75, 3.05) is 26.7 Å². The lowest BCUT2D eigenvalue weighted by Crippen LogP contribution is -2.43. The fourth-order valence-corrected chi connectivity index (χ4v) is 3.08. The molecule has 0 aromatic carbocycles. The van der Waals surface area contributed by atoms with Gasteiger partial charge in [-0.05, 0) is 30.6 Å². The molecule has 3 rings (SSSR count). The van der Waals surface area contributed by atoms with E-state index in [4.69, 9.17) is 0 Å². The predicted octanol–water partition coefficient (Wildman–Crippen LogP) is 1.70. The van der Waals surface area contributed by atoms with Gasteiger partial charge in [-0.1, -0.05) is 19.3 Å². The second-order valence-corrected chi connectivity index (χ2v) is 5.71. The van der Waals surface area contributed by atoms with Crippen LogP contribution >= 0.6 is 0 Å². The molecule has 0 aromatic rings. The van der Waals surface area contributed by atoms with Gasteiger partial charge in [-0.25, -0.2) is 0 Å². The van der Waals surface area contributed by atoms with E-state index in [-0.39, 0.29) is 0 Å². The highest BCUT2D eigenvalue weighted by atomic mass is 15.3. The molecule has 0 radical (unpaired) electrons. The Morgan fingerprint density at radius 3 is 2.94 bits per heavy atom. The van der Waals surface area contributed by atoms with Gasteiger partial charge < -0.3 is 10.2 Å². The Balaban J connectivity index is 1.42. The molecule has 0 aromatic heterocycles. The van der Waals surface area contributed by atoms with Crippen LogP contribution in [-0.4, -0.2) is 37.5 Å². The van der Waals surface area contributed by atoms with E-state index < -0.39 is 0 Å². The van der Waals surface area contributed by atoms with Crippen molar-refractivity contribution in [2.24, 2.45) is 22.7 Å². The van der Waals surface area contributed by atoms with Crippen molar-refractivity contribution < 1.29 is 0 Å². The fourth-order valence-electron chi connectivity index (χ4n) is 3.08. The van der Waals surface area contributed by atoms with E-state index in [0.717, 1.165) is 43.3 Å². The van der Waals surface area contributed by atoms with Gasteiger partial charge in [0.1, 0.15) is 0 Å². The van der Waals surface area contributed by atoms with E-state index in [1.54, 1.807) is 0 Å². The molecule has 3 heteroatoms. The third kappa shape index (κ3) is 2.04. The van der Waals surface area contributed by atoms with E-state index >= 15 is 0 Å². The molecule has 2 fully saturated rings. The van der Waals surface area contributed by atoms with Crippen molar-refractivity contribution in [1.29, 1.82) is 0 Å². The van der Waals surface area contributed by atoms with Gasteiger partial charge in [0.05, 0.1) is 0 Å². The van der Waals surface area contributed by atoms with Crippen LogP contribution in [0.3, 0.4) is 0 Å². The van der Waals surface area contributed by atoms with Gasteiger partial charge in [0.2, 0.25) is 0 Å². The van der Waals surface area contributed by atoms with E-state index in [2.05, 4.69) is 22.3 Å². The average molecular weight is 221 g/mol. The SMILES string of the molecule is CN1CCCN=C1NC[C@@H]1C[C@H]1C1CCC1. The minimum atomic E-state index is 0.948. The number of nitrogens with one attached hydrogen (secondary N) is 1. The molecule has 0 amide bonds. The minimum Gasteiger partial charge on any atom is -0.356 e. The van der Waals surface area contributed by atoms with Gasteiger partial charge in [0, 0.05) is 26.7 Å². The highest BCUT2D eigenvalue weighted by Crippen LogP contribution is 2.51. The first-order valence-electron chi connectivity index (χ1n) is 6.84. The van der Waals surface area contributed by atoms with E-state index in [1.807, 2.05) is 0 Å². The van der Waals surface area contributed by atoms with Crippen LogP contribution in [0.4, 0.5) is 0 Å². The first-order valence-corrected chi connectivity index (χ1v) is 6.84. The first-order chi connectivity index (χ1) is 7.84. The molecule has 0 bridgehead atoms. The second-order valence-electron chi connectivity index (χ2n) is 5.71. The molecule has 90 valence electrons. The molecule has 0 saturated heterocycles. The summed E-state index contributed by atoms with van der Waals surface area (Å²) < 4.78 is 0. The molecular formula is C13H23N3. The molecule has 2 saturated carbocycles. The molecule has 2 aliphatic carbocycles. The summed E-state index contributed by atoms with van der Waals surface area (Å²) in [6.45, 7) is 3.32. The first kappa shape index (κ1) is 10.4. The second kappa shape index (κ2) is 4.27. The van der Waals surface area contributed by atoms with Crippen LogP contribution in [0.5, 0.6) is 0 Å². The summed E-state index contributed by atoms with van der Waals surface area (Å²) in [4.78, 5) is 6.80. The molecule has 3 aliphatic rings. The monoisotopic (exact) mass is 221 g/mol. The Morgan fingerprint density at radius 1 is 1.38 bits per heavy atom. The van der Waals surface area contributed by atoms with Crippen molar-refractivity contribution in [3.8, 4) is 0 Å². The Kier molecular flexibility index (Phi) is 2.78. The van der Waals surface area contributed by atoms with E-state index in [1.165, 1.54) is 32.1 Å². The van der Waals surface area contributed by atoms with Crippen LogP contribution in [0, 0.1) is 17.8 Å². The summed E-state index contributed by atoms with van der Waals surface area (Å²) >= 11 is 0. The molecule has 1 heterocycles. The molecule has 0 spiro atoms. The maximum absolute atomic E-state index is 4.55. The number of aliphatic imine (C=N–C) groups is 1.